The van der Waals surface area contributed by atoms with Gasteiger partial charge in [0.2, 0.25) is 0 Å². The molecule has 1 spiro atoms. The van der Waals surface area contributed by atoms with Crippen LogP contribution < -0.4 is 5.32 Å². The van der Waals surface area contributed by atoms with Crippen molar-refractivity contribution in [3.63, 3.8) is 0 Å². The summed E-state index contributed by atoms with van der Waals surface area (Å²) in [6, 6.07) is 14.9. The predicted octanol–water partition coefficient (Wildman–Crippen LogP) is 3.08. The van der Waals surface area contributed by atoms with Gasteiger partial charge in [-0.25, -0.2) is 4.79 Å². The Morgan fingerprint density at radius 1 is 1.03 bits per heavy atom. The lowest BCUT2D eigenvalue weighted by molar-refractivity contribution is -0.188. The topological polar surface area (TPSA) is 93.1 Å². The van der Waals surface area contributed by atoms with Gasteiger partial charge in [0.15, 0.2) is 0 Å². The Kier molecular flexibility index (Phi) is 4.68. The first kappa shape index (κ1) is 22.3. The van der Waals surface area contributed by atoms with Crippen molar-refractivity contribution in [1.29, 1.82) is 0 Å². The molecular weight excluding hydrogens is 454 g/mol. The number of nitrogens with zero attached hydrogens (tertiary/aromatic N) is 2. The van der Waals surface area contributed by atoms with Crippen LogP contribution in [0.5, 0.6) is 5.75 Å². The summed E-state index contributed by atoms with van der Waals surface area (Å²) in [6.45, 7) is 2.21. The number of likely N-dealkylation sites (tertiary alicyclic amines) is 1. The molecule has 4 fully saturated rings. The molecule has 3 aliphatic carbocycles. The number of aromatic hydroxyl groups is 1. The molecule has 2 saturated carbocycles. The summed E-state index contributed by atoms with van der Waals surface area (Å²) in [5, 5.41) is 25.7. The number of hydrogen-bond donors (Lipinski definition) is 3. The van der Waals surface area contributed by atoms with Crippen molar-refractivity contribution >= 4 is 11.9 Å². The number of nitrogens with one attached hydrogen (secondary N) is 1. The molecule has 188 valence electrons. The van der Waals surface area contributed by atoms with E-state index in [0.29, 0.717) is 32.2 Å². The molecular formula is C29H33N3O4. The summed E-state index contributed by atoms with van der Waals surface area (Å²) in [6.07, 6.45) is 5.20. The summed E-state index contributed by atoms with van der Waals surface area (Å²) in [5.41, 5.74) is 0.314. The Balaban J connectivity index is 1.34. The van der Waals surface area contributed by atoms with Crippen LogP contribution >= 0.6 is 0 Å². The Hall–Kier alpha value is -2.90. The number of piperidine rings is 1. The number of hydrogen-bond acceptors (Lipinski definition) is 5. The van der Waals surface area contributed by atoms with E-state index in [9.17, 15) is 19.8 Å². The third-order valence-corrected chi connectivity index (χ3v) is 9.96. The van der Waals surface area contributed by atoms with Gasteiger partial charge in [0.05, 0.1) is 5.60 Å². The first-order valence-corrected chi connectivity index (χ1v) is 13.3. The van der Waals surface area contributed by atoms with E-state index < -0.39 is 16.6 Å². The van der Waals surface area contributed by atoms with E-state index in [1.54, 1.807) is 11.0 Å². The summed E-state index contributed by atoms with van der Waals surface area (Å²) < 4.78 is 0. The summed E-state index contributed by atoms with van der Waals surface area (Å²) in [7, 11) is 0. The highest BCUT2D eigenvalue weighted by Crippen LogP contribution is 2.62. The highest BCUT2D eigenvalue weighted by atomic mass is 16.3. The molecule has 5 aliphatic rings. The number of carbonyl (C=O) groups is 2. The standard InChI is InChI=1S/C29H33N3O4/c33-22-9-8-21-14-24-29(36)11-10-28(25(34)30-26(35)32(28)17-19-4-2-1-3-5-19)18-27(29,23(21)15-22)12-13-31(24)16-20-6-7-20/h1-5,8-9,15,20,24,33,36H,6-7,10-14,16-18H2,(H,30,34,35)/t24-,27?,28+,29-/m1/s1. The SMILES string of the molecule is O=C1NC(=O)[C@@]2(CC[C@@]3(O)[C@H]4Cc5ccc(O)cc5C3(CCN4CC3CC3)C2)N1Cc1ccccc1. The van der Waals surface area contributed by atoms with Gasteiger partial charge in [0.1, 0.15) is 11.3 Å². The molecule has 3 N–H and O–H groups in total. The van der Waals surface area contributed by atoms with Gasteiger partial charge < -0.3 is 15.1 Å². The number of rotatable bonds is 4. The average molecular weight is 488 g/mol. The number of urea groups is 1. The molecule has 2 aliphatic heterocycles. The quantitative estimate of drug-likeness (QED) is 0.577. The lowest BCUT2D eigenvalue weighted by atomic mass is 9.46. The number of fused-ring (bicyclic) bond motifs is 1. The summed E-state index contributed by atoms with van der Waals surface area (Å²) in [5.74, 6) is 0.637. The van der Waals surface area contributed by atoms with Gasteiger partial charge in [-0.2, -0.15) is 0 Å². The normalized spacial score (nSPS) is 35.5. The zero-order chi connectivity index (χ0) is 24.7. The number of carbonyl (C=O) groups excluding carboxylic acids is 2. The molecule has 3 amide bonds. The molecule has 2 heterocycles. The largest absolute Gasteiger partial charge is 0.508 e. The van der Waals surface area contributed by atoms with Gasteiger partial charge in [-0.05, 0) is 86.2 Å². The zero-order valence-electron chi connectivity index (χ0n) is 20.4. The molecule has 4 atom stereocenters. The van der Waals surface area contributed by atoms with Gasteiger partial charge in [0, 0.05) is 24.5 Å². The van der Waals surface area contributed by atoms with Crippen LogP contribution in [0.15, 0.2) is 48.5 Å². The highest BCUT2D eigenvalue weighted by molar-refractivity contribution is 6.07. The molecule has 0 aromatic heterocycles. The van der Waals surface area contributed by atoms with Crippen molar-refractivity contribution in [2.24, 2.45) is 5.92 Å². The van der Waals surface area contributed by atoms with E-state index in [0.717, 1.165) is 42.1 Å². The molecule has 7 heteroatoms. The van der Waals surface area contributed by atoms with Crippen molar-refractivity contribution in [1.82, 2.24) is 15.1 Å². The second-order valence-electron chi connectivity index (χ2n) is 11.8. The minimum Gasteiger partial charge on any atom is -0.508 e. The highest BCUT2D eigenvalue weighted by Gasteiger charge is 2.71. The van der Waals surface area contributed by atoms with Crippen LogP contribution in [-0.2, 0) is 23.2 Å². The van der Waals surface area contributed by atoms with Crippen LogP contribution in [0.4, 0.5) is 4.79 Å². The lowest BCUT2D eigenvalue weighted by Gasteiger charge is -2.66. The fourth-order valence-electron chi connectivity index (χ4n) is 7.98. The van der Waals surface area contributed by atoms with E-state index in [2.05, 4.69) is 10.2 Å². The number of imide groups is 1. The van der Waals surface area contributed by atoms with E-state index >= 15 is 0 Å². The van der Waals surface area contributed by atoms with Crippen LogP contribution in [0, 0.1) is 5.92 Å². The molecule has 0 radical (unpaired) electrons. The molecule has 2 aromatic rings. The molecule has 2 aromatic carbocycles. The summed E-state index contributed by atoms with van der Waals surface area (Å²) >= 11 is 0. The van der Waals surface area contributed by atoms with Crippen molar-refractivity contribution in [3.05, 3.63) is 65.2 Å². The number of aliphatic hydroxyl groups is 1. The maximum Gasteiger partial charge on any atom is 0.325 e. The van der Waals surface area contributed by atoms with Crippen molar-refractivity contribution in [2.45, 2.75) is 74.1 Å². The Labute approximate surface area is 211 Å². The number of phenolic OH excluding ortho intramolecular Hbond substituents is 1. The Morgan fingerprint density at radius 3 is 2.61 bits per heavy atom. The van der Waals surface area contributed by atoms with Crippen molar-refractivity contribution < 1.29 is 19.8 Å². The molecule has 1 unspecified atom stereocenters. The molecule has 7 rings (SSSR count). The van der Waals surface area contributed by atoms with Gasteiger partial charge >= 0.3 is 6.03 Å². The van der Waals surface area contributed by atoms with Crippen molar-refractivity contribution in [2.75, 3.05) is 13.1 Å². The Morgan fingerprint density at radius 2 is 1.83 bits per heavy atom. The zero-order valence-corrected chi connectivity index (χ0v) is 20.4. The molecule has 2 bridgehead atoms. The van der Waals surface area contributed by atoms with Crippen LogP contribution in [-0.4, -0.2) is 62.2 Å². The maximum absolute atomic E-state index is 13.6. The van der Waals surface area contributed by atoms with Crippen LogP contribution in [0.25, 0.3) is 0 Å². The van der Waals surface area contributed by atoms with E-state index in [1.807, 2.05) is 42.5 Å². The second-order valence-corrected chi connectivity index (χ2v) is 11.8. The fraction of sp³-hybridized carbons (Fsp3) is 0.517. The smallest absolute Gasteiger partial charge is 0.325 e. The van der Waals surface area contributed by atoms with Crippen LogP contribution in [0.1, 0.15) is 55.2 Å². The van der Waals surface area contributed by atoms with E-state index in [-0.39, 0.29) is 23.7 Å². The van der Waals surface area contributed by atoms with Gasteiger partial charge in [-0.3, -0.25) is 15.0 Å². The van der Waals surface area contributed by atoms with Crippen molar-refractivity contribution in [3.8, 4) is 5.75 Å². The molecule has 36 heavy (non-hydrogen) atoms. The minimum absolute atomic E-state index is 0.0241. The lowest BCUT2D eigenvalue weighted by Crippen LogP contribution is -2.76. The number of benzene rings is 2. The average Bonchev–Trinajstić information content (AvgIpc) is 3.66. The van der Waals surface area contributed by atoms with E-state index in [4.69, 9.17) is 0 Å². The third-order valence-electron chi connectivity index (χ3n) is 9.96. The molecule has 2 saturated heterocycles. The second kappa shape index (κ2) is 7.56. The van der Waals surface area contributed by atoms with Crippen LogP contribution in [0.2, 0.25) is 0 Å². The monoisotopic (exact) mass is 487 g/mol. The van der Waals surface area contributed by atoms with Gasteiger partial charge in [0.25, 0.3) is 5.91 Å². The first-order chi connectivity index (χ1) is 17.3. The third kappa shape index (κ3) is 2.99. The van der Waals surface area contributed by atoms with Crippen LogP contribution in [0.3, 0.4) is 0 Å². The Bertz CT molecular complexity index is 1250. The number of amides is 3. The molecule has 7 nitrogen and oxygen atoms in total. The van der Waals surface area contributed by atoms with Gasteiger partial charge in [-0.15, -0.1) is 0 Å². The minimum atomic E-state index is -1.03. The van der Waals surface area contributed by atoms with E-state index in [1.165, 1.54) is 12.8 Å². The maximum atomic E-state index is 13.6. The predicted molar refractivity (Wildman–Crippen MR) is 133 cm³/mol. The summed E-state index contributed by atoms with van der Waals surface area (Å²) in [4.78, 5) is 30.9. The fourth-order valence-corrected chi connectivity index (χ4v) is 7.98. The van der Waals surface area contributed by atoms with Gasteiger partial charge in [-0.1, -0.05) is 36.4 Å². The number of phenols is 1. The first-order valence-electron chi connectivity index (χ1n) is 13.3.